The van der Waals surface area contributed by atoms with Crippen molar-refractivity contribution < 1.29 is 5.11 Å². The fourth-order valence-corrected chi connectivity index (χ4v) is 2.21. The van der Waals surface area contributed by atoms with Gasteiger partial charge in [-0.2, -0.15) is 4.98 Å². The quantitative estimate of drug-likeness (QED) is 0.809. The summed E-state index contributed by atoms with van der Waals surface area (Å²) in [5, 5.41) is 13.1. The van der Waals surface area contributed by atoms with E-state index in [1.54, 1.807) is 12.4 Å². The highest BCUT2D eigenvalue weighted by Gasteiger charge is 2.15. The Balaban J connectivity index is 1.88. The van der Waals surface area contributed by atoms with Crippen molar-refractivity contribution in [3.63, 3.8) is 0 Å². The van der Waals surface area contributed by atoms with Crippen molar-refractivity contribution >= 4 is 29.6 Å². The van der Waals surface area contributed by atoms with E-state index in [0.29, 0.717) is 23.4 Å². The Labute approximate surface area is 129 Å². The molecular weight excluding hydrogens is 278 g/mol. The van der Waals surface area contributed by atoms with E-state index in [-0.39, 0.29) is 5.88 Å². The van der Waals surface area contributed by atoms with Gasteiger partial charge < -0.3 is 15.4 Å². The smallest absolute Gasteiger partial charge is 0.238 e. The summed E-state index contributed by atoms with van der Waals surface area (Å²) in [6, 6.07) is 2.03. The van der Waals surface area contributed by atoms with Crippen LogP contribution >= 0.6 is 0 Å². The van der Waals surface area contributed by atoms with Crippen molar-refractivity contribution in [1.29, 1.82) is 0 Å². The molecule has 2 aromatic heterocycles. The Morgan fingerprint density at radius 2 is 2.23 bits per heavy atom. The lowest BCUT2D eigenvalue weighted by molar-refractivity contribution is 0.455. The van der Waals surface area contributed by atoms with Crippen molar-refractivity contribution in [3.8, 4) is 5.88 Å². The van der Waals surface area contributed by atoms with E-state index >= 15 is 0 Å². The monoisotopic (exact) mass is 297 g/mol. The number of fused-ring (bicyclic) bond motifs is 1. The third-order valence-electron chi connectivity index (χ3n) is 3.33. The minimum Gasteiger partial charge on any atom is -0.492 e. The summed E-state index contributed by atoms with van der Waals surface area (Å²) < 4.78 is 0. The van der Waals surface area contributed by atoms with E-state index < -0.39 is 0 Å². The van der Waals surface area contributed by atoms with E-state index in [0.717, 1.165) is 23.2 Å². The highest BCUT2D eigenvalue weighted by molar-refractivity contribution is 6.21. The molecule has 0 aliphatic carbocycles. The molecule has 3 rings (SSSR count). The molecule has 6 nitrogen and oxygen atoms in total. The SMILES string of the molecule is Cc1cnc2c(c1)/C(=C\c1[nH]c(NCC(C)C)nc1O)C=N2. The van der Waals surface area contributed by atoms with Crippen LogP contribution < -0.4 is 5.32 Å². The van der Waals surface area contributed by atoms with Gasteiger partial charge in [-0.25, -0.2) is 9.98 Å². The zero-order valence-electron chi connectivity index (χ0n) is 12.9. The Morgan fingerprint density at radius 3 is 3.00 bits per heavy atom. The largest absolute Gasteiger partial charge is 0.492 e. The van der Waals surface area contributed by atoms with Gasteiger partial charge in [-0.15, -0.1) is 0 Å². The summed E-state index contributed by atoms with van der Waals surface area (Å²) in [4.78, 5) is 15.7. The van der Waals surface area contributed by atoms with Crippen molar-refractivity contribution in [2.75, 3.05) is 11.9 Å². The van der Waals surface area contributed by atoms with Crippen LogP contribution in [0.4, 0.5) is 11.8 Å². The van der Waals surface area contributed by atoms with Crippen molar-refractivity contribution in [2.45, 2.75) is 20.8 Å². The fourth-order valence-electron chi connectivity index (χ4n) is 2.21. The van der Waals surface area contributed by atoms with Gasteiger partial charge in [0, 0.05) is 30.1 Å². The number of pyridine rings is 1. The number of aromatic nitrogens is 3. The number of hydrogen-bond acceptors (Lipinski definition) is 5. The first kappa shape index (κ1) is 14.3. The molecule has 3 N–H and O–H groups in total. The van der Waals surface area contributed by atoms with Crippen LogP contribution in [0.3, 0.4) is 0 Å². The molecule has 0 saturated heterocycles. The zero-order valence-corrected chi connectivity index (χ0v) is 12.9. The van der Waals surface area contributed by atoms with Crippen LogP contribution in [0, 0.1) is 12.8 Å². The molecule has 0 amide bonds. The summed E-state index contributed by atoms with van der Waals surface area (Å²) in [5.41, 5.74) is 3.50. The van der Waals surface area contributed by atoms with Gasteiger partial charge in [-0.05, 0) is 30.5 Å². The molecule has 2 aromatic rings. The average Bonchev–Trinajstić information content (AvgIpc) is 3.02. The summed E-state index contributed by atoms with van der Waals surface area (Å²) >= 11 is 0. The van der Waals surface area contributed by atoms with Crippen LogP contribution in [-0.2, 0) is 0 Å². The molecular formula is C16H19N5O. The molecule has 1 aliphatic heterocycles. The topological polar surface area (TPSA) is 86.2 Å². The van der Waals surface area contributed by atoms with Gasteiger partial charge in [-0.1, -0.05) is 13.8 Å². The Kier molecular flexibility index (Phi) is 3.66. The van der Waals surface area contributed by atoms with Gasteiger partial charge in [-0.3, -0.25) is 0 Å². The van der Waals surface area contributed by atoms with Crippen LogP contribution in [0.1, 0.15) is 30.7 Å². The number of allylic oxidation sites excluding steroid dienone is 1. The van der Waals surface area contributed by atoms with Gasteiger partial charge in [0.2, 0.25) is 11.8 Å². The van der Waals surface area contributed by atoms with Crippen LogP contribution in [0.5, 0.6) is 5.88 Å². The molecule has 0 aromatic carbocycles. The molecule has 1 aliphatic rings. The number of aromatic amines is 1. The third kappa shape index (κ3) is 2.86. The van der Waals surface area contributed by atoms with E-state index in [1.165, 1.54) is 0 Å². The van der Waals surface area contributed by atoms with E-state index in [2.05, 4.69) is 39.1 Å². The third-order valence-corrected chi connectivity index (χ3v) is 3.33. The summed E-state index contributed by atoms with van der Waals surface area (Å²) in [7, 11) is 0. The number of anilines is 1. The molecule has 0 unspecified atom stereocenters. The van der Waals surface area contributed by atoms with Gasteiger partial charge in [0.1, 0.15) is 5.69 Å². The molecule has 0 radical (unpaired) electrons. The summed E-state index contributed by atoms with van der Waals surface area (Å²) in [6.07, 6.45) is 5.37. The molecule has 0 fully saturated rings. The number of imidazole rings is 1. The maximum Gasteiger partial charge on any atom is 0.238 e. The van der Waals surface area contributed by atoms with E-state index in [4.69, 9.17) is 0 Å². The van der Waals surface area contributed by atoms with Crippen molar-refractivity contribution in [1.82, 2.24) is 15.0 Å². The van der Waals surface area contributed by atoms with E-state index in [9.17, 15) is 5.11 Å². The number of aryl methyl sites for hydroxylation is 1. The predicted octanol–water partition coefficient (Wildman–Crippen LogP) is 3.14. The van der Waals surface area contributed by atoms with Crippen LogP contribution in [-0.4, -0.2) is 32.8 Å². The fraction of sp³-hybridized carbons (Fsp3) is 0.312. The second-order valence-corrected chi connectivity index (χ2v) is 5.84. The van der Waals surface area contributed by atoms with Gasteiger partial charge >= 0.3 is 0 Å². The first-order valence-electron chi connectivity index (χ1n) is 7.28. The van der Waals surface area contributed by atoms with Gasteiger partial charge in [0.05, 0.1) is 0 Å². The van der Waals surface area contributed by atoms with Gasteiger partial charge in [0.25, 0.3) is 0 Å². The predicted molar refractivity (Wildman–Crippen MR) is 88.6 cm³/mol. The van der Waals surface area contributed by atoms with Crippen LogP contribution in [0.15, 0.2) is 17.3 Å². The summed E-state index contributed by atoms with van der Waals surface area (Å²) in [6.45, 7) is 7.00. The zero-order chi connectivity index (χ0) is 15.7. The number of aromatic hydroxyl groups is 1. The molecule has 114 valence electrons. The second-order valence-electron chi connectivity index (χ2n) is 5.84. The Hall–Kier alpha value is -2.63. The van der Waals surface area contributed by atoms with Gasteiger partial charge in [0.15, 0.2) is 5.82 Å². The second kappa shape index (κ2) is 5.63. The lowest BCUT2D eigenvalue weighted by Gasteiger charge is -2.04. The van der Waals surface area contributed by atoms with Crippen molar-refractivity contribution in [3.05, 3.63) is 29.1 Å². The maximum atomic E-state index is 9.97. The number of rotatable bonds is 4. The lowest BCUT2D eigenvalue weighted by Crippen LogP contribution is -2.08. The normalized spacial score (nSPS) is 14.8. The van der Waals surface area contributed by atoms with E-state index in [1.807, 2.05) is 19.1 Å². The number of aliphatic imine (C=N–C) groups is 1. The Morgan fingerprint density at radius 1 is 1.41 bits per heavy atom. The summed E-state index contributed by atoms with van der Waals surface area (Å²) in [5.74, 6) is 1.74. The lowest BCUT2D eigenvalue weighted by atomic mass is 10.1. The standard InChI is InChI=1S/C16H19N5O/c1-9(2)6-19-16-20-13(15(22)21-16)5-11-8-18-14-12(11)4-10(3)7-17-14/h4-5,7-9,22H,6H2,1-3H3,(H2,19,20,21)/b11-5-. The maximum absolute atomic E-state index is 9.97. The number of nitrogens with one attached hydrogen (secondary N) is 2. The molecule has 0 atom stereocenters. The molecule has 0 saturated carbocycles. The molecule has 0 bridgehead atoms. The average molecular weight is 297 g/mol. The molecule has 0 spiro atoms. The minimum atomic E-state index is -0.0266. The minimum absolute atomic E-state index is 0.0266. The first-order valence-corrected chi connectivity index (χ1v) is 7.28. The first-order chi connectivity index (χ1) is 10.5. The van der Waals surface area contributed by atoms with Crippen molar-refractivity contribution in [2.24, 2.45) is 10.9 Å². The molecule has 22 heavy (non-hydrogen) atoms. The molecule has 3 heterocycles. The number of hydrogen-bond donors (Lipinski definition) is 3. The molecule has 6 heteroatoms. The number of H-pyrrole nitrogens is 1. The van der Waals surface area contributed by atoms with Crippen LogP contribution in [0.25, 0.3) is 11.6 Å². The van der Waals surface area contributed by atoms with Crippen LogP contribution in [0.2, 0.25) is 0 Å². The highest BCUT2D eigenvalue weighted by atomic mass is 16.3. The highest BCUT2D eigenvalue weighted by Crippen LogP contribution is 2.32. The number of nitrogens with zero attached hydrogens (tertiary/aromatic N) is 3. The Bertz CT molecular complexity index is 758.